The Bertz CT molecular complexity index is 338. The molecule has 0 unspecified atom stereocenters. The average molecular weight is 288 g/mol. The van der Waals surface area contributed by atoms with Crippen molar-refractivity contribution in [3.8, 4) is 0 Å². The van der Waals surface area contributed by atoms with Crippen LogP contribution in [-0.2, 0) is 6.42 Å². The molecule has 1 heterocycles. The molecule has 21 heavy (non-hydrogen) atoms. The molecule has 0 saturated heterocycles. The normalized spacial score (nSPS) is 19.6. The highest BCUT2D eigenvalue weighted by Gasteiger charge is 2.08. The van der Waals surface area contributed by atoms with Crippen LogP contribution in [0.15, 0.2) is 24.4 Å². The molecule has 0 aromatic carbocycles. The summed E-state index contributed by atoms with van der Waals surface area (Å²) in [5.41, 5.74) is 1.21. The molecule has 0 radical (unpaired) electrons. The second-order valence-corrected chi connectivity index (χ2v) is 6.48. The van der Waals surface area contributed by atoms with Crippen LogP contribution >= 0.6 is 0 Å². The minimum Gasteiger partial charge on any atom is -0.314 e. The van der Waals surface area contributed by atoms with Gasteiger partial charge in [-0.15, -0.1) is 0 Å². The number of rotatable bonds is 4. The molecule has 118 valence electrons. The predicted molar refractivity (Wildman–Crippen MR) is 90.5 cm³/mol. The van der Waals surface area contributed by atoms with Crippen LogP contribution in [0.1, 0.15) is 76.3 Å². The Balaban J connectivity index is 1.67. The van der Waals surface area contributed by atoms with Gasteiger partial charge in [-0.25, -0.2) is 0 Å². The number of aromatic nitrogens is 1. The van der Waals surface area contributed by atoms with E-state index >= 15 is 0 Å². The minimum atomic E-state index is 0.730. The van der Waals surface area contributed by atoms with E-state index in [1.54, 1.807) is 0 Å². The third-order valence-electron chi connectivity index (χ3n) is 4.65. The van der Waals surface area contributed by atoms with E-state index in [9.17, 15) is 0 Å². The molecule has 0 amide bonds. The van der Waals surface area contributed by atoms with E-state index in [4.69, 9.17) is 0 Å². The van der Waals surface area contributed by atoms with Crippen LogP contribution in [0.3, 0.4) is 0 Å². The van der Waals surface area contributed by atoms with Gasteiger partial charge in [-0.1, -0.05) is 63.9 Å². The number of nitrogens with zero attached hydrogens (tertiary/aromatic N) is 1. The van der Waals surface area contributed by atoms with Crippen LogP contribution in [0, 0.1) is 0 Å². The smallest absolute Gasteiger partial charge is 0.0416 e. The van der Waals surface area contributed by atoms with Crippen molar-refractivity contribution in [1.29, 1.82) is 0 Å². The number of hydrogen-bond donors (Lipinski definition) is 1. The van der Waals surface area contributed by atoms with Crippen LogP contribution in [-0.4, -0.2) is 17.6 Å². The van der Waals surface area contributed by atoms with Gasteiger partial charge in [0.25, 0.3) is 0 Å². The van der Waals surface area contributed by atoms with Crippen molar-refractivity contribution < 1.29 is 0 Å². The van der Waals surface area contributed by atoms with Crippen LogP contribution < -0.4 is 5.32 Å². The maximum absolute atomic E-state index is 4.41. The van der Waals surface area contributed by atoms with Crippen molar-refractivity contribution >= 4 is 0 Å². The molecule has 1 N–H and O–H groups in total. The van der Waals surface area contributed by atoms with Gasteiger partial charge >= 0.3 is 0 Å². The molecular formula is C19H32N2. The van der Waals surface area contributed by atoms with E-state index in [1.165, 1.54) is 76.3 Å². The lowest BCUT2D eigenvalue weighted by molar-refractivity contribution is 0.405. The minimum absolute atomic E-state index is 0.730. The zero-order chi connectivity index (χ0) is 14.6. The van der Waals surface area contributed by atoms with Crippen molar-refractivity contribution in [1.82, 2.24) is 10.3 Å². The van der Waals surface area contributed by atoms with Crippen molar-refractivity contribution in [3.05, 3.63) is 30.1 Å². The Morgan fingerprint density at radius 1 is 0.857 bits per heavy atom. The Labute approximate surface area is 130 Å². The topological polar surface area (TPSA) is 24.9 Å². The second-order valence-electron chi connectivity index (χ2n) is 6.48. The Kier molecular flexibility index (Phi) is 8.46. The first-order valence-electron chi connectivity index (χ1n) is 9.08. The van der Waals surface area contributed by atoms with Gasteiger partial charge in [0.1, 0.15) is 0 Å². The summed E-state index contributed by atoms with van der Waals surface area (Å²) in [4.78, 5) is 4.41. The standard InChI is InChI=1S/C19H32N2/c1-2-4-6-8-12-18(13-9-7-5-3-1)21-17-15-19-14-10-11-16-20-19/h10-11,14,16,18,21H,1-9,12-13,15,17H2. The fraction of sp³-hybridized carbons (Fsp3) is 0.737. The molecule has 2 nitrogen and oxygen atoms in total. The largest absolute Gasteiger partial charge is 0.314 e. The van der Waals surface area contributed by atoms with E-state index in [-0.39, 0.29) is 0 Å². The van der Waals surface area contributed by atoms with E-state index < -0.39 is 0 Å². The van der Waals surface area contributed by atoms with Gasteiger partial charge < -0.3 is 5.32 Å². The second kappa shape index (κ2) is 10.8. The molecule has 1 aliphatic rings. The first kappa shape index (κ1) is 16.5. The summed E-state index contributed by atoms with van der Waals surface area (Å²) in [5.74, 6) is 0. The summed E-state index contributed by atoms with van der Waals surface area (Å²) in [6.07, 6.45) is 18.6. The van der Waals surface area contributed by atoms with Gasteiger partial charge in [0.15, 0.2) is 0 Å². The van der Waals surface area contributed by atoms with Crippen molar-refractivity contribution in [3.63, 3.8) is 0 Å². The summed E-state index contributed by atoms with van der Waals surface area (Å²) in [6, 6.07) is 6.93. The number of hydrogen-bond acceptors (Lipinski definition) is 2. The molecule has 0 spiro atoms. The van der Waals surface area contributed by atoms with Gasteiger partial charge in [-0.2, -0.15) is 0 Å². The summed E-state index contributed by atoms with van der Waals surface area (Å²) in [7, 11) is 0. The summed E-state index contributed by atoms with van der Waals surface area (Å²) >= 11 is 0. The molecule has 0 atom stereocenters. The highest BCUT2D eigenvalue weighted by atomic mass is 14.9. The maximum Gasteiger partial charge on any atom is 0.0416 e. The fourth-order valence-electron chi connectivity index (χ4n) is 3.32. The lowest BCUT2D eigenvalue weighted by Crippen LogP contribution is -2.31. The maximum atomic E-state index is 4.41. The van der Waals surface area contributed by atoms with Gasteiger partial charge in [-0.05, 0) is 25.0 Å². The zero-order valence-corrected chi connectivity index (χ0v) is 13.5. The molecule has 1 aromatic rings. The molecular weight excluding hydrogens is 256 g/mol. The van der Waals surface area contributed by atoms with Crippen LogP contribution in [0.25, 0.3) is 0 Å². The van der Waals surface area contributed by atoms with Crippen LogP contribution in [0.5, 0.6) is 0 Å². The highest BCUT2D eigenvalue weighted by Crippen LogP contribution is 2.16. The lowest BCUT2D eigenvalue weighted by atomic mass is 9.98. The summed E-state index contributed by atoms with van der Waals surface area (Å²) < 4.78 is 0. The highest BCUT2D eigenvalue weighted by molar-refractivity contribution is 5.03. The summed E-state index contributed by atoms with van der Waals surface area (Å²) in [6.45, 7) is 1.07. The average Bonchev–Trinajstić information content (AvgIpc) is 2.51. The number of pyridine rings is 1. The van der Waals surface area contributed by atoms with Gasteiger partial charge in [0.2, 0.25) is 0 Å². The van der Waals surface area contributed by atoms with E-state index in [1.807, 2.05) is 12.3 Å². The van der Waals surface area contributed by atoms with E-state index in [2.05, 4.69) is 22.4 Å². The van der Waals surface area contributed by atoms with Crippen LogP contribution in [0.4, 0.5) is 0 Å². The molecule has 1 saturated carbocycles. The van der Waals surface area contributed by atoms with Crippen molar-refractivity contribution in [2.45, 2.75) is 83.1 Å². The van der Waals surface area contributed by atoms with Gasteiger partial charge in [0, 0.05) is 30.9 Å². The molecule has 1 aromatic heterocycles. The van der Waals surface area contributed by atoms with E-state index in [0.29, 0.717) is 0 Å². The van der Waals surface area contributed by atoms with E-state index in [0.717, 1.165) is 19.0 Å². The fourth-order valence-corrected chi connectivity index (χ4v) is 3.32. The monoisotopic (exact) mass is 288 g/mol. The Morgan fingerprint density at radius 2 is 1.48 bits per heavy atom. The van der Waals surface area contributed by atoms with Crippen molar-refractivity contribution in [2.24, 2.45) is 0 Å². The molecule has 1 fully saturated rings. The molecule has 0 aliphatic heterocycles. The third kappa shape index (κ3) is 7.61. The number of nitrogens with one attached hydrogen (secondary N) is 1. The molecule has 2 heteroatoms. The Morgan fingerprint density at radius 3 is 2.05 bits per heavy atom. The van der Waals surface area contributed by atoms with Crippen LogP contribution in [0.2, 0.25) is 0 Å². The zero-order valence-electron chi connectivity index (χ0n) is 13.5. The van der Waals surface area contributed by atoms with Gasteiger partial charge in [-0.3, -0.25) is 4.98 Å². The SMILES string of the molecule is c1ccc(CCNC2CCCCCCCCCCC2)nc1. The van der Waals surface area contributed by atoms with Gasteiger partial charge in [0.05, 0.1) is 0 Å². The molecule has 0 bridgehead atoms. The third-order valence-corrected chi connectivity index (χ3v) is 4.65. The molecule has 2 rings (SSSR count). The molecule has 1 aliphatic carbocycles. The van der Waals surface area contributed by atoms with Crippen molar-refractivity contribution in [2.75, 3.05) is 6.54 Å². The first-order chi connectivity index (χ1) is 10.4. The predicted octanol–water partition coefficient (Wildman–Crippen LogP) is 4.89. The summed E-state index contributed by atoms with van der Waals surface area (Å²) in [5, 5.41) is 3.78. The first-order valence-corrected chi connectivity index (χ1v) is 9.08. The lowest BCUT2D eigenvalue weighted by Gasteiger charge is -2.19. The quantitative estimate of drug-likeness (QED) is 0.853. The Hall–Kier alpha value is -0.890.